The van der Waals surface area contributed by atoms with Crippen molar-refractivity contribution in [3.05, 3.63) is 53.9 Å². The number of aromatic nitrogens is 1. The number of rotatable bonds is 4. The SMILES string of the molecule is Cn1cccc1C(=O)N1CCN(S(=O)(=O)c2ccc(C(=O)O)cc2)CC1. The first kappa shape index (κ1) is 18.2. The van der Waals surface area contributed by atoms with E-state index in [2.05, 4.69) is 0 Å². The molecular formula is C17H19N3O5S. The Morgan fingerprint density at radius 2 is 1.62 bits per heavy atom. The standard InChI is InChI=1S/C17H19N3O5S/c1-18-8-2-3-15(18)16(21)19-9-11-20(12-10-19)26(24,25)14-6-4-13(5-7-14)17(22)23/h2-8H,9-12H2,1H3,(H,22,23). The fourth-order valence-corrected chi connectivity index (χ4v) is 4.32. The molecule has 1 aromatic heterocycles. The van der Waals surface area contributed by atoms with Gasteiger partial charge >= 0.3 is 5.97 Å². The van der Waals surface area contributed by atoms with Crippen molar-refractivity contribution in [2.24, 2.45) is 7.05 Å². The van der Waals surface area contributed by atoms with Crippen molar-refractivity contribution >= 4 is 21.9 Å². The molecule has 8 nitrogen and oxygen atoms in total. The van der Waals surface area contributed by atoms with Gasteiger partial charge in [0, 0.05) is 39.4 Å². The van der Waals surface area contributed by atoms with Crippen LogP contribution in [0.4, 0.5) is 0 Å². The van der Waals surface area contributed by atoms with Gasteiger partial charge in [0.25, 0.3) is 5.91 Å². The van der Waals surface area contributed by atoms with Gasteiger partial charge in [-0.1, -0.05) is 0 Å². The van der Waals surface area contributed by atoms with Gasteiger partial charge in [0.1, 0.15) is 5.69 Å². The number of carboxylic acids is 1. The van der Waals surface area contributed by atoms with Crippen molar-refractivity contribution in [2.75, 3.05) is 26.2 Å². The van der Waals surface area contributed by atoms with Crippen LogP contribution in [0.3, 0.4) is 0 Å². The van der Waals surface area contributed by atoms with Gasteiger partial charge in [0.05, 0.1) is 10.5 Å². The first-order chi connectivity index (χ1) is 12.3. The summed E-state index contributed by atoms with van der Waals surface area (Å²) in [7, 11) is -1.93. The number of carboxylic acid groups (broad SMARTS) is 1. The zero-order chi connectivity index (χ0) is 18.9. The number of amides is 1. The van der Waals surface area contributed by atoms with Gasteiger partial charge in [-0.2, -0.15) is 4.31 Å². The lowest BCUT2D eigenvalue weighted by atomic mass is 10.2. The summed E-state index contributed by atoms with van der Waals surface area (Å²) in [5, 5.41) is 8.91. The average Bonchev–Trinajstić information content (AvgIpc) is 3.07. The van der Waals surface area contributed by atoms with Crippen molar-refractivity contribution in [1.82, 2.24) is 13.8 Å². The summed E-state index contributed by atoms with van der Waals surface area (Å²) in [6.07, 6.45) is 1.79. The molecule has 1 aliphatic heterocycles. The summed E-state index contributed by atoms with van der Waals surface area (Å²) in [6, 6.07) is 8.64. The molecule has 3 rings (SSSR count). The monoisotopic (exact) mass is 377 g/mol. The summed E-state index contributed by atoms with van der Waals surface area (Å²) in [5.74, 6) is -1.23. The minimum Gasteiger partial charge on any atom is -0.478 e. The third kappa shape index (κ3) is 3.35. The molecule has 0 aliphatic carbocycles. The molecule has 26 heavy (non-hydrogen) atoms. The van der Waals surface area contributed by atoms with E-state index in [1.807, 2.05) is 0 Å². The van der Waals surface area contributed by atoms with Gasteiger partial charge in [0.2, 0.25) is 10.0 Å². The molecular weight excluding hydrogens is 358 g/mol. The quantitative estimate of drug-likeness (QED) is 0.852. The van der Waals surface area contributed by atoms with E-state index >= 15 is 0 Å². The topological polar surface area (TPSA) is 99.9 Å². The Hall–Kier alpha value is -2.65. The Kier molecular flexibility index (Phi) is 4.84. The lowest BCUT2D eigenvalue weighted by molar-refractivity contribution is 0.0684. The van der Waals surface area contributed by atoms with Crippen LogP contribution in [0.5, 0.6) is 0 Å². The third-order valence-electron chi connectivity index (χ3n) is 4.43. The number of aryl methyl sites for hydroxylation is 1. The van der Waals surface area contributed by atoms with Crippen molar-refractivity contribution in [3.8, 4) is 0 Å². The van der Waals surface area contributed by atoms with Crippen molar-refractivity contribution in [1.29, 1.82) is 0 Å². The molecule has 0 unspecified atom stereocenters. The summed E-state index contributed by atoms with van der Waals surface area (Å²) in [6.45, 7) is 0.991. The Morgan fingerprint density at radius 1 is 1.00 bits per heavy atom. The first-order valence-corrected chi connectivity index (χ1v) is 9.49. The molecule has 2 aromatic rings. The second kappa shape index (κ2) is 6.93. The Labute approximate surface area is 151 Å². The van der Waals surface area contributed by atoms with E-state index in [1.165, 1.54) is 28.6 Å². The summed E-state index contributed by atoms with van der Waals surface area (Å²) in [4.78, 5) is 25.1. The molecule has 0 spiro atoms. The number of piperazine rings is 1. The number of aromatic carboxylic acids is 1. The zero-order valence-electron chi connectivity index (χ0n) is 14.2. The van der Waals surface area contributed by atoms with E-state index in [0.717, 1.165) is 0 Å². The average molecular weight is 377 g/mol. The van der Waals surface area contributed by atoms with Gasteiger partial charge in [-0.25, -0.2) is 13.2 Å². The van der Waals surface area contributed by atoms with Gasteiger partial charge in [-0.15, -0.1) is 0 Å². The van der Waals surface area contributed by atoms with Gasteiger partial charge in [0.15, 0.2) is 0 Å². The molecule has 0 atom stereocenters. The van der Waals surface area contributed by atoms with Crippen molar-refractivity contribution in [3.63, 3.8) is 0 Å². The number of hydrogen-bond donors (Lipinski definition) is 1. The predicted molar refractivity (Wildman–Crippen MR) is 93.5 cm³/mol. The smallest absolute Gasteiger partial charge is 0.335 e. The molecule has 9 heteroatoms. The second-order valence-electron chi connectivity index (χ2n) is 6.03. The molecule has 1 aliphatic rings. The molecule has 0 bridgehead atoms. The Bertz CT molecular complexity index is 926. The van der Waals surface area contributed by atoms with E-state index in [1.54, 1.807) is 34.8 Å². The molecule has 1 fully saturated rings. The largest absolute Gasteiger partial charge is 0.478 e. The second-order valence-corrected chi connectivity index (χ2v) is 7.97. The molecule has 1 amide bonds. The third-order valence-corrected chi connectivity index (χ3v) is 6.34. The molecule has 2 heterocycles. The van der Waals surface area contributed by atoms with Crippen molar-refractivity contribution in [2.45, 2.75) is 4.90 Å². The van der Waals surface area contributed by atoms with E-state index < -0.39 is 16.0 Å². The van der Waals surface area contributed by atoms with Crippen LogP contribution in [-0.2, 0) is 17.1 Å². The zero-order valence-corrected chi connectivity index (χ0v) is 15.0. The Morgan fingerprint density at radius 3 is 2.12 bits per heavy atom. The van der Waals surface area contributed by atoms with E-state index in [9.17, 15) is 18.0 Å². The minimum atomic E-state index is -3.72. The van der Waals surface area contributed by atoms with Gasteiger partial charge in [-0.05, 0) is 36.4 Å². The van der Waals surface area contributed by atoms with E-state index in [4.69, 9.17) is 5.11 Å². The lowest BCUT2D eigenvalue weighted by Crippen LogP contribution is -2.50. The highest BCUT2D eigenvalue weighted by Crippen LogP contribution is 2.19. The number of carbonyl (C=O) groups is 2. The van der Waals surface area contributed by atoms with Crippen molar-refractivity contribution < 1.29 is 23.1 Å². The first-order valence-electron chi connectivity index (χ1n) is 8.05. The summed E-state index contributed by atoms with van der Waals surface area (Å²) >= 11 is 0. The highest BCUT2D eigenvalue weighted by Gasteiger charge is 2.31. The fraction of sp³-hybridized carbons (Fsp3) is 0.294. The van der Waals surface area contributed by atoms with Crippen LogP contribution < -0.4 is 0 Å². The minimum absolute atomic E-state index is 0.0296. The lowest BCUT2D eigenvalue weighted by Gasteiger charge is -2.34. The van der Waals surface area contributed by atoms with Crippen LogP contribution in [0.1, 0.15) is 20.8 Å². The highest BCUT2D eigenvalue weighted by atomic mass is 32.2. The number of nitrogens with zero attached hydrogens (tertiary/aromatic N) is 3. The van der Waals surface area contributed by atoms with Crippen LogP contribution in [0.15, 0.2) is 47.5 Å². The van der Waals surface area contributed by atoms with Crippen LogP contribution in [0, 0.1) is 0 Å². The molecule has 1 aromatic carbocycles. The van der Waals surface area contributed by atoms with Crippen LogP contribution >= 0.6 is 0 Å². The van der Waals surface area contributed by atoms with E-state index in [0.29, 0.717) is 18.8 Å². The highest BCUT2D eigenvalue weighted by molar-refractivity contribution is 7.89. The molecule has 1 saturated heterocycles. The maximum absolute atomic E-state index is 12.7. The predicted octanol–water partition coefficient (Wildman–Crippen LogP) is 0.870. The number of hydrogen-bond acceptors (Lipinski definition) is 4. The summed E-state index contributed by atoms with van der Waals surface area (Å²) in [5.41, 5.74) is 0.590. The van der Waals surface area contributed by atoms with Crippen LogP contribution in [0.25, 0.3) is 0 Å². The molecule has 1 N–H and O–H groups in total. The van der Waals surface area contributed by atoms with E-state index in [-0.39, 0.29) is 29.5 Å². The Balaban J connectivity index is 1.69. The number of benzene rings is 1. The molecule has 0 radical (unpaired) electrons. The fourth-order valence-electron chi connectivity index (χ4n) is 2.90. The number of carbonyl (C=O) groups excluding carboxylic acids is 1. The summed E-state index contributed by atoms with van der Waals surface area (Å²) < 4.78 is 28.4. The molecule has 0 saturated carbocycles. The normalized spacial score (nSPS) is 15.8. The number of sulfonamides is 1. The van der Waals surface area contributed by atoms with Crippen LogP contribution in [-0.4, -0.2) is 65.4 Å². The molecule has 138 valence electrons. The maximum atomic E-state index is 12.7. The van der Waals surface area contributed by atoms with Crippen LogP contribution in [0.2, 0.25) is 0 Å². The van der Waals surface area contributed by atoms with Gasteiger partial charge < -0.3 is 14.6 Å². The maximum Gasteiger partial charge on any atom is 0.335 e. The van der Waals surface area contributed by atoms with Gasteiger partial charge in [-0.3, -0.25) is 4.79 Å².